The van der Waals surface area contributed by atoms with Gasteiger partial charge in [0.25, 0.3) is 5.91 Å². The molecular weight excluding hydrogens is 388 g/mol. The molecule has 2 aliphatic rings. The number of nitrogens with zero attached hydrogens (tertiary/aromatic N) is 3. The number of rotatable bonds is 7. The lowest BCUT2D eigenvalue weighted by molar-refractivity contribution is -0.133. The molecule has 1 N–H and O–H groups in total. The molecule has 2 aliphatic heterocycles. The highest BCUT2D eigenvalue weighted by Crippen LogP contribution is 2.32. The van der Waals surface area contributed by atoms with Gasteiger partial charge >= 0.3 is 6.03 Å². The zero-order valence-corrected chi connectivity index (χ0v) is 18.5. The van der Waals surface area contributed by atoms with Crippen LogP contribution >= 0.6 is 0 Å². The van der Waals surface area contributed by atoms with E-state index in [1.165, 1.54) is 35.4 Å². The van der Waals surface area contributed by atoms with Crippen molar-refractivity contribution in [1.29, 1.82) is 0 Å². The fraction of sp³-hybridized carbons (Fsp3) is 0.440. The summed E-state index contributed by atoms with van der Waals surface area (Å²) in [5.41, 5.74) is 2.29. The monoisotopic (exact) mass is 420 g/mol. The van der Waals surface area contributed by atoms with E-state index in [9.17, 15) is 9.59 Å². The van der Waals surface area contributed by atoms with Crippen LogP contribution in [0, 0.1) is 0 Å². The average Bonchev–Trinajstić information content (AvgIpc) is 3.06. The van der Waals surface area contributed by atoms with Crippen molar-refractivity contribution >= 4 is 17.6 Å². The summed E-state index contributed by atoms with van der Waals surface area (Å²) in [5, 5.41) is 2.95. The molecule has 2 aromatic carbocycles. The van der Waals surface area contributed by atoms with Gasteiger partial charge in [0.15, 0.2) is 0 Å². The molecular formula is C25H32N4O2. The van der Waals surface area contributed by atoms with E-state index in [1.54, 1.807) is 0 Å². The van der Waals surface area contributed by atoms with E-state index in [-0.39, 0.29) is 18.6 Å². The summed E-state index contributed by atoms with van der Waals surface area (Å²) in [6, 6.07) is 17.8. The minimum atomic E-state index is -0.977. The van der Waals surface area contributed by atoms with Gasteiger partial charge in [-0.25, -0.2) is 9.69 Å². The van der Waals surface area contributed by atoms with Crippen molar-refractivity contribution in [3.05, 3.63) is 65.7 Å². The van der Waals surface area contributed by atoms with Crippen LogP contribution in [0.1, 0.15) is 43.7 Å². The molecule has 2 heterocycles. The number of piperidine rings is 1. The Labute approximate surface area is 184 Å². The van der Waals surface area contributed by atoms with Gasteiger partial charge in [-0.2, -0.15) is 0 Å². The average molecular weight is 421 g/mol. The predicted molar refractivity (Wildman–Crippen MR) is 123 cm³/mol. The molecule has 6 heteroatoms. The Hall–Kier alpha value is -2.86. The second kappa shape index (κ2) is 9.10. The summed E-state index contributed by atoms with van der Waals surface area (Å²) in [4.78, 5) is 31.8. The molecule has 2 fully saturated rings. The van der Waals surface area contributed by atoms with Gasteiger partial charge in [0.05, 0.1) is 6.67 Å². The first kappa shape index (κ1) is 21.4. The Balaban J connectivity index is 1.41. The van der Waals surface area contributed by atoms with Crippen LogP contribution in [0.2, 0.25) is 0 Å². The molecule has 0 bridgehead atoms. The third-order valence-electron chi connectivity index (χ3n) is 6.47. The van der Waals surface area contributed by atoms with Crippen LogP contribution in [0.4, 0.5) is 10.5 Å². The van der Waals surface area contributed by atoms with E-state index in [0.29, 0.717) is 13.0 Å². The van der Waals surface area contributed by atoms with Gasteiger partial charge in [-0.3, -0.25) is 9.69 Å². The van der Waals surface area contributed by atoms with Crippen LogP contribution in [0.5, 0.6) is 0 Å². The maximum absolute atomic E-state index is 13.3. The number of imide groups is 1. The lowest BCUT2D eigenvalue weighted by Gasteiger charge is -2.29. The molecule has 0 aromatic heterocycles. The van der Waals surface area contributed by atoms with Crippen LogP contribution in [-0.2, 0) is 16.9 Å². The maximum atomic E-state index is 13.3. The summed E-state index contributed by atoms with van der Waals surface area (Å²) in [6.07, 6.45) is 4.36. The first-order valence-electron chi connectivity index (χ1n) is 11.3. The van der Waals surface area contributed by atoms with Crippen LogP contribution in [-0.4, -0.2) is 48.5 Å². The van der Waals surface area contributed by atoms with E-state index in [4.69, 9.17) is 0 Å². The lowest BCUT2D eigenvalue weighted by atomic mass is 9.87. The molecule has 0 spiro atoms. The molecule has 164 valence electrons. The number of amides is 3. The fourth-order valence-electron chi connectivity index (χ4n) is 4.68. The number of hydrogen-bond donors (Lipinski definition) is 1. The van der Waals surface area contributed by atoms with E-state index >= 15 is 0 Å². The topological polar surface area (TPSA) is 55.9 Å². The molecule has 6 nitrogen and oxygen atoms in total. The smallest absolute Gasteiger partial charge is 0.326 e. The standard InChI is InChI=1S/C25H32N4O2/c1-3-25(21-10-6-4-7-11-21)23(30)29(24(31)26-25)19-27(2)18-20-12-14-22(15-13-20)28-16-8-5-9-17-28/h4,6-7,10-15H,3,5,8-9,16-19H2,1-2H3,(H,26,31)/t25-/m1/s1. The van der Waals surface area contributed by atoms with E-state index < -0.39 is 5.54 Å². The van der Waals surface area contributed by atoms with Crippen molar-refractivity contribution < 1.29 is 9.59 Å². The van der Waals surface area contributed by atoms with Gasteiger partial charge < -0.3 is 10.2 Å². The number of anilines is 1. The summed E-state index contributed by atoms with van der Waals surface area (Å²) in [6.45, 7) is 5.12. The molecule has 2 saturated heterocycles. The Morgan fingerprint density at radius 1 is 0.968 bits per heavy atom. The van der Waals surface area contributed by atoms with Gasteiger partial charge in [0.1, 0.15) is 5.54 Å². The highest BCUT2D eigenvalue weighted by Gasteiger charge is 2.51. The molecule has 0 unspecified atom stereocenters. The van der Waals surface area contributed by atoms with Crippen LogP contribution in [0.3, 0.4) is 0 Å². The van der Waals surface area contributed by atoms with Gasteiger partial charge in [-0.15, -0.1) is 0 Å². The zero-order valence-electron chi connectivity index (χ0n) is 18.5. The second-order valence-electron chi connectivity index (χ2n) is 8.66. The number of hydrogen-bond acceptors (Lipinski definition) is 4. The van der Waals surface area contributed by atoms with Crippen LogP contribution in [0.25, 0.3) is 0 Å². The zero-order chi connectivity index (χ0) is 21.8. The number of nitrogens with one attached hydrogen (secondary N) is 1. The molecule has 3 amide bonds. The van der Waals surface area contributed by atoms with E-state index in [1.807, 2.05) is 49.2 Å². The third-order valence-corrected chi connectivity index (χ3v) is 6.47. The minimum absolute atomic E-state index is 0.182. The van der Waals surface area contributed by atoms with Gasteiger partial charge in [0.2, 0.25) is 0 Å². The Kier molecular flexibility index (Phi) is 6.28. The Morgan fingerprint density at radius 2 is 1.65 bits per heavy atom. The lowest BCUT2D eigenvalue weighted by Crippen LogP contribution is -2.44. The Bertz CT molecular complexity index is 909. The van der Waals surface area contributed by atoms with E-state index in [2.05, 4.69) is 34.5 Å². The van der Waals surface area contributed by atoms with Crippen molar-refractivity contribution in [2.75, 3.05) is 31.7 Å². The highest BCUT2D eigenvalue weighted by atomic mass is 16.2. The Morgan fingerprint density at radius 3 is 2.29 bits per heavy atom. The first-order valence-corrected chi connectivity index (χ1v) is 11.3. The summed E-state index contributed by atoms with van der Waals surface area (Å²) < 4.78 is 0. The first-order chi connectivity index (χ1) is 15.0. The number of benzene rings is 2. The molecule has 0 radical (unpaired) electrons. The van der Waals surface area contributed by atoms with Crippen molar-refractivity contribution in [1.82, 2.24) is 15.1 Å². The summed E-state index contributed by atoms with van der Waals surface area (Å²) >= 11 is 0. The molecule has 2 aromatic rings. The van der Waals surface area contributed by atoms with Crippen LogP contribution < -0.4 is 10.2 Å². The number of urea groups is 1. The van der Waals surface area contributed by atoms with E-state index in [0.717, 1.165) is 18.7 Å². The number of carbonyl (C=O) groups excluding carboxylic acids is 2. The van der Waals surface area contributed by atoms with Crippen molar-refractivity contribution in [2.45, 2.75) is 44.7 Å². The maximum Gasteiger partial charge on any atom is 0.326 e. The highest BCUT2D eigenvalue weighted by molar-refractivity contribution is 6.07. The molecule has 31 heavy (non-hydrogen) atoms. The third kappa shape index (κ3) is 4.30. The molecule has 0 aliphatic carbocycles. The van der Waals surface area contributed by atoms with Gasteiger partial charge in [-0.1, -0.05) is 49.4 Å². The predicted octanol–water partition coefficient (Wildman–Crippen LogP) is 3.92. The molecule has 0 saturated carbocycles. The van der Waals surface area contributed by atoms with Crippen molar-refractivity contribution in [2.24, 2.45) is 0 Å². The number of carbonyl (C=O) groups is 2. The molecule has 1 atom stereocenters. The summed E-state index contributed by atoms with van der Waals surface area (Å²) in [5.74, 6) is -0.182. The normalized spacial score (nSPS) is 21.6. The minimum Gasteiger partial charge on any atom is -0.372 e. The largest absolute Gasteiger partial charge is 0.372 e. The molecule has 4 rings (SSSR count). The van der Waals surface area contributed by atoms with Gasteiger partial charge in [0, 0.05) is 25.3 Å². The van der Waals surface area contributed by atoms with Crippen LogP contribution in [0.15, 0.2) is 54.6 Å². The second-order valence-corrected chi connectivity index (χ2v) is 8.66. The summed E-state index contributed by atoms with van der Waals surface area (Å²) in [7, 11) is 1.94. The quantitative estimate of drug-likeness (QED) is 0.690. The SMILES string of the molecule is CC[C@]1(c2ccccc2)NC(=O)N(CN(C)Cc2ccc(N3CCCCC3)cc2)C1=O. The van der Waals surface area contributed by atoms with Gasteiger partial charge in [-0.05, 0) is 56.0 Å². The van der Waals surface area contributed by atoms with Crippen molar-refractivity contribution in [3.8, 4) is 0 Å². The fourth-order valence-corrected chi connectivity index (χ4v) is 4.68. The van der Waals surface area contributed by atoms with Crippen molar-refractivity contribution in [3.63, 3.8) is 0 Å².